The van der Waals surface area contributed by atoms with E-state index >= 15 is 0 Å². The van der Waals surface area contributed by atoms with Crippen LogP contribution >= 0.6 is 15.9 Å². The number of hydrogen-bond donors (Lipinski definition) is 1. The zero-order chi connectivity index (χ0) is 32.1. The van der Waals surface area contributed by atoms with Gasteiger partial charge in [0.2, 0.25) is 10.0 Å². The van der Waals surface area contributed by atoms with Gasteiger partial charge >= 0.3 is 0 Å². The number of nitrogens with one attached hydrogen (secondary N) is 1. The van der Waals surface area contributed by atoms with E-state index in [1.807, 2.05) is 84.9 Å². The topological polar surface area (TPSA) is 82.7 Å². The average molecular weight is 697 g/mol. The lowest BCUT2D eigenvalue weighted by atomic mass is 10.1. The Morgan fingerprint density at radius 1 is 0.761 bits per heavy atom. The Kier molecular flexibility index (Phi) is 9.53. The summed E-state index contributed by atoms with van der Waals surface area (Å²) in [6.45, 7) is 1.74. The third kappa shape index (κ3) is 7.50. The number of ether oxygens (including phenoxy) is 1. The van der Waals surface area contributed by atoms with E-state index in [4.69, 9.17) is 4.74 Å². The van der Waals surface area contributed by atoms with Gasteiger partial charge in [-0.15, -0.1) is 0 Å². The monoisotopic (exact) mass is 695 g/mol. The van der Waals surface area contributed by atoms with E-state index in [2.05, 4.69) is 44.0 Å². The first kappa shape index (κ1) is 31.5. The van der Waals surface area contributed by atoms with Gasteiger partial charge in [0.05, 0.1) is 30.5 Å². The van der Waals surface area contributed by atoms with Gasteiger partial charge in [-0.1, -0.05) is 84.9 Å². The first-order chi connectivity index (χ1) is 22.2. The minimum Gasteiger partial charge on any atom is -0.492 e. The SMILES string of the molecule is CS(=O)(=O)N(Cc1ccccc1)c1cc(C(=O)CN(CCOc2ccc3c(c2)[nH]c2ccccc23)Cc2ccccc2)ccc1Br. The lowest BCUT2D eigenvalue weighted by Gasteiger charge is -2.25. The molecule has 1 aromatic heterocycles. The van der Waals surface area contributed by atoms with Crippen LogP contribution in [0.2, 0.25) is 0 Å². The number of hydrogen-bond acceptors (Lipinski definition) is 5. The number of aromatic nitrogens is 1. The molecule has 0 aliphatic carbocycles. The number of H-pyrrole nitrogens is 1. The number of benzene rings is 5. The second kappa shape index (κ2) is 13.9. The van der Waals surface area contributed by atoms with Crippen LogP contribution in [0, 0.1) is 0 Å². The van der Waals surface area contributed by atoms with Crippen molar-refractivity contribution in [1.29, 1.82) is 0 Å². The van der Waals surface area contributed by atoms with Crippen molar-refractivity contribution in [3.63, 3.8) is 0 Å². The second-order valence-corrected chi connectivity index (χ2v) is 14.0. The van der Waals surface area contributed by atoms with Gasteiger partial charge in [0.1, 0.15) is 12.4 Å². The van der Waals surface area contributed by atoms with Gasteiger partial charge in [-0.05, 0) is 57.4 Å². The molecule has 6 aromatic rings. The Labute approximate surface area is 277 Å². The first-order valence-corrected chi connectivity index (χ1v) is 17.6. The van der Waals surface area contributed by atoms with Crippen molar-refractivity contribution in [3.8, 4) is 5.75 Å². The summed E-state index contributed by atoms with van der Waals surface area (Å²) in [5.41, 5.74) is 4.87. The molecule has 0 fully saturated rings. The molecule has 46 heavy (non-hydrogen) atoms. The van der Waals surface area contributed by atoms with Gasteiger partial charge in [0.25, 0.3) is 0 Å². The molecule has 0 radical (unpaired) electrons. The van der Waals surface area contributed by atoms with Gasteiger partial charge < -0.3 is 9.72 Å². The van der Waals surface area contributed by atoms with Crippen LogP contribution in [0.4, 0.5) is 5.69 Å². The van der Waals surface area contributed by atoms with Crippen molar-refractivity contribution in [2.24, 2.45) is 0 Å². The van der Waals surface area contributed by atoms with Crippen molar-refractivity contribution in [1.82, 2.24) is 9.88 Å². The molecule has 0 spiro atoms. The number of halogens is 1. The summed E-state index contributed by atoms with van der Waals surface area (Å²) in [5, 5.41) is 2.32. The molecule has 7 nitrogen and oxygen atoms in total. The number of fused-ring (bicyclic) bond motifs is 3. The highest BCUT2D eigenvalue weighted by Crippen LogP contribution is 2.31. The Balaban J connectivity index is 1.19. The van der Waals surface area contributed by atoms with Crippen molar-refractivity contribution in [2.45, 2.75) is 13.1 Å². The molecule has 1 N–H and O–H groups in total. The standard InChI is InChI=1S/C37H34BrN3O4S/c1-46(43,44)41(25-28-12-6-3-7-13-28)36-22-29(16-19-33(36)38)37(42)26-40(24-27-10-4-2-5-11-27)20-21-45-30-17-18-32-31-14-8-9-15-34(31)39-35(32)23-30/h2-19,22-23,39H,20-21,24-26H2,1H3. The molecular formula is C37H34BrN3O4S. The fourth-order valence-corrected chi connectivity index (χ4v) is 7.04. The van der Waals surface area contributed by atoms with E-state index in [9.17, 15) is 13.2 Å². The molecule has 1 heterocycles. The van der Waals surface area contributed by atoms with Crippen molar-refractivity contribution < 1.29 is 17.9 Å². The number of Topliss-reactive ketones (excluding diaryl/α,β-unsaturated/α-hetero) is 1. The molecule has 0 saturated carbocycles. The highest BCUT2D eigenvalue weighted by molar-refractivity contribution is 9.10. The van der Waals surface area contributed by atoms with Crippen LogP contribution in [0.5, 0.6) is 5.75 Å². The second-order valence-electron chi connectivity index (χ2n) is 11.3. The number of carbonyl (C=O) groups is 1. The number of carbonyl (C=O) groups excluding carboxylic acids is 1. The molecule has 5 aromatic carbocycles. The zero-order valence-corrected chi connectivity index (χ0v) is 27.8. The number of nitrogens with zero attached hydrogens (tertiary/aromatic N) is 2. The quantitative estimate of drug-likeness (QED) is 0.125. The summed E-state index contributed by atoms with van der Waals surface area (Å²) in [5.74, 6) is 0.638. The van der Waals surface area contributed by atoms with Crippen LogP contribution in [-0.4, -0.2) is 50.0 Å². The predicted octanol–water partition coefficient (Wildman–Crippen LogP) is 7.81. The summed E-state index contributed by atoms with van der Waals surface area (Å²) in [7, 11) is -3.64. The average Bonchev–Trinajstić information content (AvgIpc) is 3.42. The molecule has 234 valence electrons. The lowest BCUT2D eigenvalue weighted by Crippen LogP contribution is -2.33. The van der Waals surface area contributed by atoms with Gasteiger partial charge in [-0.3, -0.25) is 14.0 Å². The van der Waals surface area contributed by atoms with Crippen LogP contribution in [-0.2, 0) is 23.1 Å². The number of para-hydroxylation sites is 1. The van der Waals surface area contributed by atoms with Crippen molar-refractivity contribution in [2.75, 3.05) is 30.3 Å². The van der Waals surface area contributed by atoms with E-state index in [-0.39, 0.29) is 18.9 Å². The highest BCUT2D eigenvalue weighted by atomic mass is 79.9. The van der Waals surface area contributed by atoms with Crippen LogP contribution < -0.4 is 9.04 Å². The number of rotatable bonds is 13. The molecule has 0 amide bonds. The Bertz CT molecular complexity index is 2080. The smallest absolute Gasteiger partial charge is 0.232 e. The van der Waals surface area contributed by atoms with E-state index < -0.39 is 10.0 Å². The molecule has 0 bridgehead atoms. The third-order valence-corrected chi connectivity index (χ3v) is 9.67. The van der Waals surface area contributed by atoms with Crippen LogP contribution in [0.25, 0.3) is 21.8 Å². The maximum absolute atomic E-state index is 13.7. The molecular weight excluding hydrogens is 662 g/mol. The number of aromatic amines is 1. The maximum Gasteiger partial charge on any atom is 0.232 e. The minimum absolute atomic E-state index is 0.114. The van der Waals surface area contributed by atoms with Gasteiger partial charge in [-0.25, -0.2) is 8.42 Å². The summed E-state index contributed by atoms with van der Waals surface area (Å²) in [6, 6.07) is 38.8. The minimum atomic E-state index is -3.64. The van der Waals surface area contributed by atoms with Crippen LogP contribution in [0.3, 0.4) is 0 Å². The third-order valence-electron chi connectivity index (χ3n) is 7.88. The van der Waals surface area contributed by atoms with Gasteiger partial charge in [0.15, 0.2) is 5.78 Å². The van der Waals surface area contributed by atoms with Gasteiger partial charge in [-0.2, -0.15) is 0 Å². The van der Waals surface area contributed by atoms with E-state index in [0.29, 0.717) is 35.4 Å². The number of anilines is 1. The Hall–Kier alpha value is -4.44. The maximum atomic E-state index is 13.7. The molecule has 0 aliphatic heterocycles. The fourth-order valence-electron chi connectivity index (χ4n) is 5.57. The van der Waals surface area contributed by atoms with E-state index in [1.165, 1.54) is 15.9 Å². The van der Waals surface area contributed by atoms with E-state index in [0.717, 1.165) is 33.3 Å². The largest absolute Gasteiger partial charge is 0.492 e. The Morgan fingerprint density at radius 2 is 1.41 bits per heavy atom. The predicted molar refractivity (Wildman–Crippen MR) is 189 cm³/mol. The molecule has 0 atom stereocenters. The van der Waals surface area contributed by atoms with Gasteiger partial charge in [0, 0.05) is 45.5 Å². The molecule has 9 heteroatoms. The molecule has 0 aliphatic rings. The summed E-state index contributed by atoms with van der Waals surface area (Å²) in [4.78, 5) is 19.2. The highest BCUT2D eigenvalue weighted by Gasteiger charge is 2.23. The molecule has 0 saturated heterocycles. The summed E-state index contributed by atoms with van der Waals surface area (Å²) >= 11 is 3.52. The van der Waals surface area contributed by atoms with Crippen LogP contribution in [0.15, 0.2) is 126 Å². The normalized spacial score (nSPS) is 11.7. The lowest BCUT2D eigenvalue weighted by molar-refractivity contribution is 0.0912. The summed E-state index contributed by atoms with van der Waals surface area (Å²) < 4.78 is 33.9. The summed E-state index contributed by atoms with van der Waals surface area (Å²) in [6.07, 6.45) is 1.17. The number of sulfonamides is 1. The molecule has 0 unspecified atom stereocenters. The number of ketones is 1. The molecule has 6 rings (SSSR count). The zero-order valence-electron chi connectivity index (χ0n) is 25.4. The van der Waals surface area contributed by atoms with Crippen molar-refractivity contribution >= 4 is 59.2 Å². The Morgan fingerprint density at radius 3 is 2.13 bits per heavy atom. The van der Waals surface area contributed by atoms with E-state index in [1.54, 1.807) is 18.2 Å². The van der Waals surface area contributed by atoms with Crippen LogP contribution in [0.1, 0.15) is 21.5 Å². The van der Waals surface area contributed by atoms with Crippen molar-refractivity contribution in [3.05, 3.63) is 142 Å². The fraction of sp³-hybridized carbons (Fsp3) is 0.162. The first-order valence-electron chi connectivity index (χ1n) is 15.0.